The first-order valence-electron chi connectivity index (χ1n) is 6.43. The molecule has 0 aromatic carbocycles. The highest BCUT2D eigenvalue weighted by atomic mass is 32.1. The summed E-state index contributed by atoms with van der Waals surface area (Å²) >= 11 is 6.21. The molecule has 1 aromatic rings. The van der Waals surface area contributed by atoms with Crippen LogP contribution in [0.25, 0.3) is 0 Å². The van der Waals surface area contributed by atoms with E-state index in [1.165, 1.54) is 11.3 Å². The zero-order valence-electron chi connectivity index (χ0n) is 11.2. The minimum atomic E-state index is -4.71. The van der Waals surface area contributed by atoms with Gasteiger partial charge in [-0.25, -0.2) is 0 Å². The van der Waals surface area contributed by atoms with E-state index in [9.17, 15) is 23.1 Å². The largest absolute Gasteiger partial charge is 0.416 e. The molecule has 2 N–H and O–H groups in total. The summed E-state index contributed by atoms with van der Waals surface area (Å²) in [4.78, 5) is 17.0. The summed E-state index contributed by atoms with van der Waals surface area (Å²) in [7, 11) is 0. The number of nitrogens with zero attached hydrogens (tertiary/aromatic N) is 1. The maximum absolute atomic E-state index is 12.6. The van der Waals surface area contributed by atoms with E-state index in [0.29, 0.717) is 10.4 Å². The number of likely N-dealkylation sites (tertiary alicyclic amines) is 1. The van der Waals surface area contributed by atoms with E-state index in [1.807, 2.05) is 0 Å². The highest BCUT2D eigenvalue weighted by molar-refractivity contribution is 7.73. The fraction of sp³-hybridized carbons (Fsp3) is 0.667. The van der Waals surface area contributed by atoms with Crippen LogP contribution in [0.3, 0.4) is 0 Å². The third-order valence-corrected chi connectivity index (χ3v) is 4.89. The summed E-state index contributed by atoms with van der Waals surface area (Å²) in [6.45, 7) is 2.01. The van der Waals surface area contributed by atoms with Gasteiger partial charge in [-0.2, -0.15) is 13.2 Å². The zero-order chi connectivity index (χ0) is 15.8. The smallest absolute Gasteiger partial charge is 0.382 e. The molecule has 0 unspecified atom stereocenters. The number of aliphatic hydroxyl groups is 1. The summed E-state index contributed by atoms with van der Waals surface area (Å²) in [6.07, 6.45) is -6.58. The molecule has 0 spiro atoms. The van der Waals surface area contributed by atoms with Gasteiger partial charge in [0, 0.05) is 17.1 Å². The SMILES string of the molecule is Cc1[nH]c(=S)sc1CC(=O)N1CCC[C@@H]1[C@@H](O)C(F)(F)F. The molecule has 118 valence electrons. The van der Waals surface area contributed by atoms with E-state index in [1.54, 1.807) is 6.92 Å². The first-order valence-corrected chi connectivity index (χ1v) is 7.65. The van der Waals surface area contributed by atoms with Crippen LogP contribution in [-0.4, -0.2) is 45.8 Å². The monoisotopic (exact) mass is 340 g/mol. The average molecular weight is 340 g/mol. The van der Waals surface area contributed by atoms with E-state index < -0.39 is 24.2 Å². The molecular weight excluding hydrogens is 325 g/mol. The van der Waals surface area contributed by atoms with Gasteiger partial charge in [0.05, 0.1) is 12.5 Å². The van der Waals surface area contributed by atoms with Crippen molar-refractivity contribution < 1.29 is 23.1 Å². The van der Waals surface area contributed by atoms with E-state index >= 15 is 0 Å². The number of nitrogens with one attached hydrogen (secondary N) is 1. The van der Waals surface area contributed by atoms with Gasteiger partial charge in [0.1, 0.15) is 0 Å². The van der Waals surface area contributed by atoms with Crippen molar-refractivity contribution in [1.82, 2.24) is 9.88 Å². The maximum atomic E-state index is 12.6. The number of aryl methyl sites for hydroxylation is 1. The van der Waals surface area contributed by atoms with Gasteiger partial charge in [-0.3, -0.25) is 4.79 Å². The van der Waals surface area contributed by atoms with E-state index in [-0.39, 0.29) is 19.4 Å². The lowest BCUT2D eigenvalue weighted by Crippen LogP contribution is -2.49. The average Bonchev–Trinajstić information content (AvgIpc) is 2.94. The minimum Gasteiger partial charge on any atom is -0.382 e. The number of aromatic amines is 1. The molecule has 21 heavy (non-hydrogen) atoms. The van der Waals surface area contributed by atoms with Crippen LogP contribution in [-0.2, 0) is 11.2 Å². The lowest BCUT2D eigenvalue weighted by molar-refractivity contribution is -0.219. The van der Waals surface area contributed by atoms with Gasteiger partial charge in [-0.1, -0.05) is 0 Å². The topological polar surface area (TPSA) is 56.3 Å². The number of hydrogen-bond acceptors (Lipinski definition) is 4. The molecule has 1 aromatic heterocycles. The molecule has 2 atom stereocenters. The van der Waals surface area contributed by atoms with Crippen LogP contribution in [0.15, 0.2) is 0 Å². The van der Waals surface area contributed by atoms with Crippen LogP contribution >= 0.6 is 23.6 Å². The molecule has 2 rings (SSSR count). The van der Waals surface area contributed by atoms with Crippen molar-refractivity contribution in [2.24, 2.45) is 0 Å². The second kappa shape index (κ2) is 6.05. The zero-order valence-corrected chi connectivity index (χ0v) is 12.9. The number of carbonyl (C=O) groups excluding carboxylic acids is 1. The summed E-state index contributed by atoms with van der Waals surface area (Å²) < 4.78 is 38.4. The van der Waals surface area contributed by atoms with Crippen LogP contribution in [0, 0.1) is 10.9 Å². The third kappa shape index (κ3) is 3.64. The number of thiazole rings is 1. The number of hydrogen-bond donors (Lipinski definition) is 2. The van der Waals surface area contributed by atoms with E-state index in [2.05, 4.69) is 4.98 Å². The molecule has 0 radical (unpaired) electrons. The number of amides is 1. The Bertz CT molecular complexity index is 582. The Balaban J connectivity index is 2.11. The van der Waals surface area contributed by atoms with Crippen molar-refractivity contribution in [2.75, 3.05) is 6.54 Å². The quantitative estimate of drug-likeness (QED) is 0.832. The van der Waals surface area contributed by atoms with Crippen LogP contribution in [0.4, 0.5) is 13.2 Å². The first kappa shape index (κ1) is 16.4. The Morgan fingerprint density at radius 2 is 2.29 bits per heavy atom. The molecule has 9 heteroatoms. The highest BCUT2D eigenvalue weighted by Gasteiger charge is 2.48. The van der Waals surface area contributed by atoms with Crippen molar-refractivity contribution in [2.45, 2.75) is 44.5 Å². The molecule has 1 saturated heterocycles. The lowest BCUT2D eigenvalue weighted by Gasteiger charge is -2.29. The summed E-state index contributed by atoms with van der Waals surface area (Å²) in [5, 5.41) is 9.39. The van der Waals surface area contributed by atoms with Gasteiger partial charge in [0.25, 0.3) is 0 Å². The van der Waals surface area contributed by atoms with Crippen molar-refractivity contribution in [3.63, 3.8) is 0 Å². The normalized spacial score (nSPS) is 20.8. The van der Waals surface area contributed by atoms with Gasteiger partial charge >= 0.3 is 6.18 Å². The Hall–Kier alpha value is -0.930. The predicted octanol–water partition coefficient (Wildman–Crippen LogP) is 2.57. The second-order valence-electron chi connectivity index (χ2n) is 5.02. The molecule has 0 saturated carbocycles. The van der Waals surface area contributed by atoms with E-state index in [4.69, 9.17) is 12.2 Å². The molecule has 2 heterocycles. The van der Waals surface area contributed by atoms with Gasteiger partial charge < -0.3 is 15.0 Å². The number of aromatic nitrogens is 1. The fourth-order valence-corrected chi connectivity index (χ4v) is 3.78. The molecule has 4 nitrogen and oxygen atoms in total. The Morgan fingerprint density at radius 1 is 1.62 bits per heavy atom. The standard InChI is InChI=1S/C12H15F3N2O2S2/c1-6-8(21-11(20)16-6)5-9(18)17-4-2-3-7(17)10(19)12(13,14)15/h7,10,19H,2-5H2,1H3,(H,16,20)/t7-,10-/m1/s1. The number of alkyl halides is 3. The molecule has 1 aliphatic rings. The molecule has 1 aliphatic heterocycles. The third-order valence-electron chi connectivity index (χ3n) is 3.55. The summed E-state index contributed by atoms with van der Waals surface area (Å²) in [5.41, 5.74) is 0.755. The number of rotatable bonds is 3. The van der Waals surface area contributed by atoms with Crippen molar-refractivity contribution >= 4 is 29.5 Å². The van der Waals surface area contributed by atoms with Gasteiger partial charge in [-0.05, 0) is 32.0 Å². The summed E-state index contributed by atoms with van der Waals surface area (Å²) in [5.74, 6) is -0.408. The van der Waals surface area contributed by atoms with Gasteiger partial charge in [0.2, 0.25) is 5.91 Å². The highest BCUT2D eigenvalue weighted by Crippen LogP contribution is 2.31. The number of H-pyrrole nitrogens is 1. The molecule has 1 fully saturated rings. The van der Waals surface area contributed by atoms with Crippen molar-refractivity contribution in [1.29, 1.82) is 0 Å². The molecule has 1 amide bonds. The van der Waals surface area contributed by atoms with Crippen molar-refractivity contribution in [3.8, 4) is 0 Å². The van der Waals surface area contributed by atoms with Crippen LogP contribution in [0.2, 0.25) is 0 Å². The maximum Gasteiger partial charge on any atom is 0.416 e. The van der Waals surface area contributed by atoms with Gasteiger partial charge in [0.15, 0.2) is 10.1 Å². The number of aliphatic hydroxyl groups excluding tert-OH is 1. The Labute approximate surface area is 128 Å². The van der Waals surface area contributed by atoms with Gasteiger partial charge in [-0.15, -0.1) is 11.3 Å². The molecular formula is C12H15F3N2O2S2. The van der Waals surface area contributed by atoms with Crippen LogP contribution < -0.4 is 0 Å². The minimum absolute atomic E-state index is 0.00468. The first-order chi connectivity index (χ1) is 9.70. The van der Waals surface area contributed by atoms with Crippen LogP contribution in [0.1, 0.15) is 23.4 Å². The number of halogens is 3. The Morgan fingerprint density at radius 3 is 2.81 bits per heavy atom. The Kier molecular flexibility index (Phi) is 4.74. The lowest BCUT2D eigenvalue weighted by atomic mass is 10.1. The molecule has 0 bridgehead atoms. The predicted molar refractivity (Wildman–Crippen MR) is 74.7 cm³/mol. The number of carbonyl (C=O) groups is 1. The fourth-order valence-electron chi connectivity index (χ4n) is 2.49. The summed E-state index contributed by atoms with van der Waals surface area (Å²) in [6, 6.07) is -1.19. The van der Waals surface area contributed by atoms with Crippen LogP contribution in [0.5, 0.6) is 0 Å². The van der Waals surface area contributed by atoms with Crippen molar-refractivity contribution in [3.05, 3.63) is 14.5 Å². The molecule has 0 aliphatic carbocycles. The van der Waals surface area contributed by atoms with E-state index in [0.717, 1.165) is 15.5 Å². The second-order valence-corrected chi connectivity index (χ2v) is 6.79.